The van der Waals surface area contributed by atoms with Gasteiger partial charge in [0.25, 0.3) is 18.1 Å². The number of nitrogen functional groups attached to an aromatic ring is 1. The molecule has 4 N–H and O–H groups in total. The van der Waals surface area contributed by atoms with E-state index in [2.05, 4.69) is 0 Å². The number of halogens is 2. The van der Waals surface area contributed by atoms with E-state index >= 15 is 0 Å². The molecule has 1 aromatic rings. The smallest absolute Gasteiger partial charge is 0.338 e. The number of rotatable bonds is 4. The predicted molar refractivity (Wildman–Crippen MR) is 70.9 cm³/mol. The van der Waals surface area contributed by atoms with Crippen molar-refractivity contribution in [2.45, 2.75) is 9.79 Å². The molecule has 0 aliphatic carbocycles. The Kier molecular flexibility index (Phi) is 4.44. The lowest BCUT2D eigenvalue weighted by atomic mass is 10.1. The molecule has 0 unspecified atom stereocenters. The summed E-state index contributed by atoms with van der Waals surface area (Å²) in [6.45, 7) is 0. The number of carbonyl (C=O) groups is 2. The lowest BCUT2D eigenvalue weighted by molar-refractivity contribution is 0.0686. The third-order valence-electron chi connectivity index (χ3n) is 2.19. The van der Waals surface area contributed by atoms with Gasteiger partial charge in [-0.05, 0) is 6.07 Å². The summed E-state index contributed by atoms with van der Waals surface area (Å²) in [5.41, 5.74) is 1.90. The van der Waals surface area contributed by atoms with Gasteiger partial charge in [-0.25, -0.2) is 26.4 Å². The van der Waals surface area contributed by atoms with Crippen molar-refractivity contribution in [1.82, 2.24) is 0 Å². The summed E-state index contributed by atoms with van der Waals surface area (Å²) in [5, 5.41) is 17.9. The van der Waals surface area contributed by atoms with Gasteiger partial charge < -0.3 is 15.9 Å². The lowest BCUT2D eigenvalue weighted by Crippen LogP contribution is -2.17. The first-order chi connectivity index (χ1) is 9.28. The van der Waals surface area contributed by atoms with Gasteiger partial charge in [0, 0.05) is 21.4 Å². The number of anilines is 1. The molecule has 0 aliphatic rings. The van der Waals surface area contributed by atoms with Crippen LogP contribution in [0.15, 0.2) is 15.9 Å². The molecule has 116 valence electrons. The summed E-state index contributed by atoms with van der Waals surface area (Å²) in [5.74, 6) is -3.95. The zero-order chi connectivity index (χ0) is 16.7. The fraction of sp³-hybridized carbons (Fsp3) is 0. The second-order valence-corrected chi connectivity index (χ2v) is 8.54. The second kappa shape index (κ2) is 5.33. The summed E-state index contributed by atoms with van der Waals surface area (Å²) in [7, 11) is 0.303. The average Bonchev–Trinajstić information content (AvgIpc) is 2.23. The van der Waals surface area contributed by atoms with Gasteiger partial charge in [-0.1, -0.05) is 0 Å². The lowest BCUT2D eigenvalue weighted by Gasteiger charge is -2.12. The number of carboxylic acid groups (broad SMARTS) is 2. The predicted octanol–water partition coefficient (Wildman–Crippen LogP) is 0.520. The van der Waals surface area contributed by atoms with E-state index in [4.69, 9.17) is 37.3 Å². The molecule has 0 aliphatic heterocycles. The number of nitrogens with two attached hydrogens (primary N) is 1. The highest BCUT2D eigenvalue weighted by atomic mass is 35.7. The monoisotopic (exact) mass is 377 g/mol. The van der Waals surface area contributed by atoms with Crippen LogP contribution in [-0.2, 0) is 18.1 Å². The summed E-state index contributed by atoms with van der Waals surface area (Å²) < 4.78 is 45.6. The number of benzene rings is 1. The maximum absolute atomic E-state index is 11.4. The van der Waals surface area contributed by atoms with E-state index in [1.807, 2.05) is 0 Å². The standard InChI is InChI=1S/C8H5Cl2NO8S2/c9-20(16,17)5-2(7(12)13)1-3(11)6(21(10,18)19)4(5)8(14)15/h1H,11H2,(H,12,13)(H,14,15). The first-order valence-electron chi connectivity index (χ1n) is 4.61. The summed E-state index contributed by atoms with van der Waals surface area (Å²) in [6, 6.07) is 0.444. The van der Waals surface area contributed by atoms with E-state index in [-0.39, 0.29) is 0 Å². The molecule has 0 amide bonds. The van der Waals surface area contributed by atoms with Crippen LogP contribution in [0.1, 0.15) is 20.7 Å². The fourth-order valence-corrected chi connectivity index (χ4v) is 4.20. The van der Waals surface area contributed by atoms with E-state index in [1.54, 1.807) is 0 Å². The van der Waals surface area contributed by atoms with Crippen molar-refractivity contribution < 1.29 is 36.6 Å². The maximum atomic E-state index is 11.4. The molecule has 13 heteroatoms. The van der Waals surface area contributed by atoms with Gasteiger partial charge in [0.05, 0.1) is 11.3 Å². The third kappa shape index (κ3) is 3.37. The van der Waals surface area contributed by atoms with Gasteiger partial charge in [0.2, 0.25) is 0 Å². The van der Waals surface area contributed by atoms with Crippen LogP contribution in [0.5, 0.6) is 0 Å². The molecular formula is C8H5Cl2NO8S2. The van der Waals surface area contributed by atoms with Crippen LogP contribution in [0.2, 0.25) is 0 Å². The zero-order valence-corrected chi connectivity index (χ0v) is 12.7. The largest absolute Gasteiger partial charge is 0.478 e. The van der Waals surface area contributed by atoms with E-state index < -0.39 is 56.6 Å². The molecule has 0 saturated heterocycles. The molecule has 9 nitrogen and oxygen atoms in total. The number of hydrogen-bond donors (Lipinski definition) is 3. The molecule has 0 atom stereocenters. The Bertz CT molecular complexity index is 859. The van der Waals surface area contributed by atoms with E-state index in [9.17, 15) is 26.4 Å². The van der Waals surface area contributed by atoms with Crippen LogP contribution < -0.4 is 5.73 Å². The van der Waals surface area contributed by atoms with Crippen molar-refractivity contribution in [2.24, 2.45) is 0 Å². The molecule has 0 spiro atoms. The van der Waals surface area contributed by atoms with Crippen LogP contribution in [-0.4, -0.2) is 39.0 Å². The maximum Gasteiger partial charge on any atom is 0.338 e. The Balaban J connectivity index is 4.28. The first-order valence-corrected chi connectivity index (χ1v) is 9.22. The van der Waals surface area contributed by atoms with Crippen molar-refractivity contribution in [3.8, 4) is 0 Å². The number of aromatic carboxylic acids is 2. The highest BCUT2D eigenvalue weighted by Gasteiger charge is 2.36. The Morgan fingerprint density at radius 1 is 0.952 bits per heavy atom. The minimum absolute atomic E-state index is 0.444. The van der Waals surface area contributed by atoms with Gasteiger partial charge in [0.15, 0.2) is 0 Å². The van der Waals surface area contributed by atoms with Crippen molar-refractivity contribution in [1.29, 1.82) is 0 Å². The van der Waals surface area contributed by atoms with Crippen LogP contribution in [0.25, 0.3) is 0 Å². The van der Waals surface area contributed by atoms with E-state index in [1.165, 1.54) is 0 Å². The van der Waals surface area contributed by atoms with Gasteiger partial charge >= 0.3 is 11.9 Å². The normalized spacial score (nSPS) is 12.1. The Morgan fingerprint density at radius 3 is 1.67 bits per heavy atom. The summed E-state index contributed by atoms with van der Waals surface area (Å²) >= 11 is 0. The zero-order valence-electron chi connectivity index (χ0n) is 9.57. The van der Waals surface area contributed by atoms with Gasteiger partial charge in [-0.15, -0.1) is 0 Å². The van der Waals surface area contributed by atoms with Crippen LogP contribution in [0, 0.1) is 0 Å². The molecular weight excluding hydrogens is 373 g/mol. The van der Waals surface area contributed by atoms with Crippen molar-refractivity contribution in [2.75, 3.05) is 5.73 Å². The first kappa shape index (κ1) is 17.5. The van der Waals surface area contributed by atoms with Crippen molar-refractivity contribution in [3.05, 3.63) is 17.2 Å². The van der Waals surface area contributed by atoms with Crippen molar-refractivity contribution >= 4 is 57.1 Å². The summed E-state index contributed by atoms with van der Waals surface area (Å²) in [4.78, 5) is 19.5. The van der Waals surface area contributed by atoms with Crippen LogP contribution in [0.3, 0.4) is 0 Å². The molecule has 21 heavy (non-hydrogen) atoms. The highest BCUT2D eigenvalue weighted by Crippen LogP contribution is 2.35. The molecule has 0 radical (unpaired) electrons. The number of hydrogen-bond acceptors (Lipinski definition) is 7. The molecule has 0 aromatic heterocycles. The minimum atomic E-state index is -4.92. The Morgan fingerprint density at radius 2 is 1.38 bits per heavy atom. The van der Waals surface area contributed by atoms with Crippen molar-refractivity contribution in [3.63, 3.8) is 0 Å². The van der Waals surface area contributed by atoms with Gasteiger partial charge in [-0.2, -0.15) is 0 Å². The SMILES string of the molecule is Nc1cc(C(=O)O)c(S(=O)(=O)Cl)c(C(=O)O)c1S(=O)(=O)Cl. The average molecular weight is 378 g/mol. The molecule has 1 rings (SSSR count). The Labute approximate surface area is 126 Å². The van der Waals surface area contributed by atoms with Gasteiger partial charge in [-0.3, -0.25) is 0 Å². The summed E-state index contributed by atoms with van der Waals surface area (Å²) in [6.07, 6.45) is 0. The fourth-order valence-electron chi connectivity index (χ4n) is 1.54. The Hall–Kier alpha value is -1.56. The molecule has 0 bridgehead atoms. The van der Waals surface area contributed by atoms with Crippen LogP contribution >= 0.6 is 21.4 Å². The minimum Gasteiger partial charge on any atom is -0.478 e. The second-order valence-electron chi connectivity index (χ2n) is 3.53. The van der Waals surface area contributed by atoms with E-state index in [0.717, 1.165) is 0 Å². The van der Waals surface area contributed by atoms with Gasteiger partial charge in [0.1, 0.15) is 15.4 Å². The third-order valence-corrected chi connectivity index (χ3v) is 4.96. The van der Waals surface area contributed by atoms with Crippen LogP contribution in [0.4, 0.5) is 5.69 Å². The molecule has 0 fully saturated rings. The quantitative estimate of drug-likeness (QED) is 0.499. The number of carboxylic acids is 2. The van der Waals surface area contributed by atoms with E-state index in [0.29, 0.717) is 6.07 Å². The molecule has 0 heterocycles. The topological polar surface area (TPSA) is 169 Å². The molecule has 1 aromatic carbocycles. The highest BCUT2D eigenvalue weighted by molar-refractivity contribution is 8.14. The molecule has 0 saturated carbocycles.